The summed E-state index contributed by atoms with van der Waals surface area (Å²) in [4.78, 5) is 22.5. The fraction of sp³-hybridized carbons (Fsp3) is 0.125. The molecule has 32 heavy (non-hydrogen) atoms. The van der Waals surface area contributed by atoms with E-state index in [9.17, 15) is 9.18 Å². The molecule has 0 spiro atoms. The van der Waals surface area contributed by atoms with Crippen molar-refractivity contribution in [3.63, 3.8) is 0 Å². The van der Waals surface area contributed by atoms with Crippen LogP contribution in [0.3, 0.4) is 0 Å². The molecule has 0 radical (unpaired) electrons. The fourth-order valence-corrected chi connectivity index (χ4v) is 5.14. The Morgan fingerprint density at radius 3 is 2.59 bits per heavy atom. The lowest BCUT2D eigenvalue weighted by Gasteiger charge is -2.03. The predicted molar refractivity (Wildman–Crippen MR) is 126 cm³/mol. The summed E-state index contributed by atoms with van der Waals surface area (Å²) in [5, 5.41) is 7.96. The number of hydrogen-bond donors (Lipinski definition) is 1. The molecule has 0 fully saturated rings. The molecule has 8 heteroatoms. The smallest absolute Gasteiger partial charge is 0.225 e. The normalized spacial score (nSPS) is 11.2. The van der Waals surface area contributed by atoms with Gasteiger partial charge in [-0.2, -0.15) is 0 Å². The number of amides is 1. The number of nitrogens with one attached hydrogen (secondary N) is 1. The van der Waals surface area contributed by atoms with E-state index in [0.717, 1.165) is 38.2 Å². The third-order valence-electron chi connectivity index (χ3n) is 5.04. The fourth-order valence-electron chi connectivity index (χ4n) is 3.41. The van der Waals surface area contributed by atoms with Gasteiger partial charge in [0.05, 0.1) is 17.8 Å². The van der Waals surface area contributed by atoms with Crippen molar-refractivity contribution in [2.24, 2.45) is 0 Å². The number of carbonyl (C=O) groups is 1. The van der Waals surface area contributed by atoms with Crippen LogP contribution in [0.15, 0.2) is 71.6 Å². The molecule has 3 heterocycles. The molecular formula is C24H19FN4OS2. The molecular weight excluding hydrogens is 443 g/mol. The molecule has 0 unspecified atom stereocenters. The van der Waals surface area contributed by atoms with Crippen LogP contribution in [-0.4, -0.2) is 26.8 Å². The molecule has 1 amide bonds. The standard InChI is InChI=1S/C24H19FN4OS2/c25-18-8-6-16(7-9-18)21-13-29-20(15-32-24(29)28-21)12-22(30)26-11-10-19-14-31-23(27-19)17-4-2-1-3-5-17/h1-9,13-15H,10-12H2,(H,26,30). The van der Waals surface area contributed by atoms with Crippen LogP contribution in [0.4, 0.5) is 4.39 Å². The SMILES string of the molecule is O=C(Cc1csc2nc(-c3ccc(F)cc3)cn12)NCCc1csc(-c2ccccc2)n1. The predicted octanol–water partition coefficient (Wildman–Crippen LogP) is 5.23. The van der Waals surface area contributed by atoms with E-state index in [0.29, 0.717) is 13.0 Å². The van der Waals surface area contributed by atoms with Gasteiger partial charge in [-0.05, 0) is 24.3 Å². The van der Waals surface area contributed by atoms with Gasteiger partial charge in [-0.1, -0.05) is 30.3 Å². The first-order valence-corrected chi connectivity index (χ1v) is 11.9. The number of fused-ring (bicyclic) bond motifs is 1. The van der Waals surface area contributed by atoms with E-state index >= 15 is 0 Å². The number of rotatable bonds is 7. The van der Waals surface area contributed by atoms with Crippen LogP contribution in [0.2, 0.25) is 0 Å². The van der Waals surface area contributed by atoms with Crippen molar-refractivity contribution in [2.45, 2.75) is 12.8 Å². The lowest BCUT2D eigenvalue weighted by atomic mass is 10.2. The van der Waals surface area contributed by atoms with Gasteiger partial charge in [0.2, 0.25) is 5.91 Å². The Morgan fingerprint density at radius 2 is 1.78 bits per heavy atom. The summed E-state index contributed by atoms with van der Waals surface area (Å²) in [6.45, 7) is 0.537. The largest absolute Gasteiger partial charge is 0.355 e. The molecule has 0 bridgehead atoms. The van der Waals surface area contributed by atoms with Crippen molar-refractivity contribution < 1.29 is 9.18 Å². The minimum atomic E-state index is -0.277. The summed E-state index contributed by atoms with van der Waals surface area (Å²) in [7, 11) is 0. The van der Waals surface area contributed by atoms with Crippen LogP contribution < -0.4 is 5.32 Å². The summed E-state index contributed by atoms with van der Waals surface area (Å²) < 4.78 is 15.1. The molecule has 5 rings (SSSR count). The zero-order valence-electron chi connectivity index (χ0n) is 17.0. The second-order valence-corrected chi connectivity index (χ2v) is 8.99. The average Bonchev–Trinajstić information content (AvgIpc) is 3.53. The zero-order valence-corrected chi connectivity index (χ0v) is 18.6. The number of nitrogens with zero attached hydrogens (tertiary/aromatic N) is 3. The molecule has 0 aliphatic rings. The van der Waals surface area contributed by atoms with Crippen molar-refractivity contribution in [3.8, 4) is 21.8 Å². The van der Waals surface area contributed by atoms with Gasteiger partial charge in [0.1, 0.15) is 10.8 Å². The first-order valence-electron chi connectivity index (χ1n) is 10.1. The highest BCUT2D eigenvalue weighted by Gasteiger charge is 2.13. The second-order valence-electron chi connectivity index (χ2n) is 7.30. The molecule has 3 aromatic heterocycles. The summed E-state index contributed by atoms with van der Waals surface area (Å²) >= 11 is 3.10. The topological polar surface area (TPSA) is 59.3 Å². The van der Waals surface area contributed by atoms with Crippen LogP contribution >= 0.6 is 22.7 Å². The van der Waals surface area contributed by atoms with E-state index in [-0.39, 0.29) is 18.1 Å². The van der Waals surface area contributed by atoms with Crippen molar-refractivity contribution >= 4 is 33.5 Å². The van der Waals surface area contributed by atoms with Crippen LogP contribution in [-0.2, 0) is 17.6 Å². The second kappa shape index (κ2) is 9.02. The maximum absolute atomic E-state index is 13.2. The lowest BCUT2D eigenvalue weighted by Crippen LogP contribution is -2.27. The van der Waals surface area contributed by atoms with Crippen LogP contribution in [0.1, 0.15) is 11.4 Å². The van der Waals surface area contributed by atoms with Crippen LogP contribution in [0, 0.1) is 5.82 Å². The highest BCUT2D eigenvalue weighted by atomic mass is 32.1. The number of thiazole rings is 2. The third kappa shape index (κ3) is 4.46. The van der Waals surface area contributed by atoms with Crippen molar-refractivity contribution in [1.82, 2.24) is 19.7 Å². The summed E-state index contributed by atoms with van der Waals surface area (Å²) in [6.07, 6.45) is 2.85. The summed E-state index contributed by atoms with van der Waals surface area (Å²) in [5.41, 5.74) is 4.57. The van der Waals surface area contributed by atoms with E-state index in [1.165, 1.54) is 23.5 Å². The van der Waals surface area contributed by atoms with Gasteiger partial charge in [0, 0.05) is 46.7 Å². The number of carbonyl (C=O) groups excluding carboxylic acids is 1. The van der Waals surface area contributed by atoms with Crippen molar-refractivity contribution in [1.29, 1.82) is 0 Å². The first-order chi connectivity index (χ1) is 15.7. The minimum absolute atomic E-state index is 0.0414. The van der Waals surface area contributed by atoms with Gasteiger partial charge in [-0.3, -0.25) is 9.20 Å². The highest BCUT2D eigenvalue weighted by Crippen LogP contribution is 2.25. The number of imidazole rings is 1. The number of aromatic nitrogens is 3. The highest BCUT2D eigenvalue weighted by molar-refractivity contribution is 7.15. The molecule has 2 aromatic carbocycles. The van der Waals surface area contributed by atoms with E-state index in [1.54, 1.807) is 23.5 Å². The van der Waals surface area contributed by atoms with Crippen LogP contribution in [0.25, 0.3) is 26.8 Å². The molecule has 0 saturated carbocycles. The minimum Gasteiger partial charge on any atom is -0.355 e. The average molecular weight is 463 g/mol. The Bertz CT molecular complexity index is 1360. The molecule has 5 nitrogen and oxygen atoms in total. The number of benzene rings is 2. The Kier molecular flexibility index (Phi) is 5.79. The summed E-state index contributed by atoms with van der Waals surface area (Å²) in [6, 6.07) is 16.3. The third-order valence-corrected chi connectivity index (χ3v) is 6.87. The summed E-state index contributed by atoms with van der Waals surface area (Å²) in [5.74, 6) is -0.318. The Hall–Kier alpha value is -3.36. The maximum atomic E-state index is 13.2. The Morgan fingerprint density at radius 1 is 0.969 bits per heavy atom. The van der Waals surface area contributed by atoms with E-state index in [2.05, 4.69) is 15.3 Å². The van der Waals surface area contributed by atoms with Gasteiger partial charge in [-0.25, -0.2) is 14.4 Å². The van der Waals surface area contributed by atoms with Crippen molar-refractivity contribution in [3.05, 3.63) is 88.8 Å². The molecule has 5 aromatic rings. The molecule has 160 valence electrons. The first kappa shape index (κ1) is 20.5. The van der Waals surface area contributed by atoms with E-state index < -0.39 is 0 Å². The van der Waals surface area contributed by atoms with Crippen molar-refractivity contribution in [2.75, 3.05) is 6.54 Å². The Labute approximate surface area is 192 Å². The maximum Gasteiger partial charge on any atom is 0.225 e. The van der Waals surface area contributed by atoms with Gasteiger partial charge in [0.25, 0.3) is 0 Å². The van der Waals surface area contributed by atoms with Gasteiger partial charge in [0.15, 0.2) is 4.96 Å². The van der Waals surface area contributed by atoms with E-state index in [4.69, 9.17) is 0 Å². The van der Waals surface area contributed by atoms with Gasteiger partial charge >= 0.3 is 0 Å². The monoisotopic (exact) mass is 462 g/mol. The molecule has 0 atom stereocenters. The molecule has 0 saturated heterocycles. The quantitative estimate of drug-likeness (QED) is 0.360. The number of halogens is 1. The van der Waals surface area contributed by atoms with Gasteiger partial charge < -0.3 is 5.32 Å². The van der Waals surface area contributed by atoms with Gasteiger partial charge in [-0.15, -0.1) is 22.7 Å². The Balaban J connectivity index is 1.18. The zero-order chi connectivity index (χ0) is 21.9. The number of hydrogen-bond acceptors (Lipinski definition) is 5. The lowest BCUT2D eigenvalue weighted by molar-refractivity contribution is -0.120. The van der Waals surface area contributed by atoms with E-state index in [1.807, 2.05) is 51.7 Å². The molecule has 0 aliphatic heterocycles. The molecule has 0 aliphatic carbocycles. The molecule has 1 N–H and O–H groups in total. The van der Waals surface area contributed by atoms with Crippen LogP contribution in [0.5, 0.6) is 0 Å².